The second kappa shape index (κ2) is 4.90. The molecule has 1 nitrogen and oxygen atoms in total. The number of aliphatic hydroxyl groups excluding tert-OH is 1. The molecule has 1 atom stereocenters. The zero-order chi connectivity index (χ0) is 8.97. The number of hydrogen-bond donors (Lipinski definition) is 2. The molecule has 0 amide bonds. The molecule has 0 saturated carbocycles. The molecular weight excluding hydrogens is 236 g/mol. The minimum atomic E-state index is -0.389. The van der Waals surface area contributed by atoms with Crippen LogP contribution in [0.25, 0.3) is 0 Å². The van der Waals surface area contributed by atoms with Crippen LogP contribution in [0.4, 0.5) is 0 Å². The van der Waals surface area contributed by atoms with Gasteiger partial charge in [-0.3, -0.25) is 0 Å². The maximum atomic E-state index is 9.58. The van der Waals surface area contributed by atoms with E-state index in [1.807, 2.05) is 24.3 Å². The molecule has 0 bridgehead atoms. The molecule has 0 fully saturated rings. The highest BCUT2D eigenvalue weighted by Gasteiger charge is 2.05. The fourth-order valence-corrected chi connectivity index (χ4v) is 1.66. The Kier molecular flexibility index (Phi) is 4.12. The van der Waals surface area contributed by atoms with Crippen molar-refractivity contribution in [3.05, 3.63) is 34.3 Å². The van der Waals surface area contributed by atoms with E-state index in [1.165, 1.54) is 0 Å². The van der Waals surface area contributed by atoms with E-state index in [4.69, 9.17) is 0 Å². The van der Waals surface area contributed by atoms with Crippen molar-refractivity contribution in [2.24, 2.45) is 0 Å². The van der Waals surface area contributed by atoms with Crippen molar-refractivity contribution in [1.29, 1.82) is 0 Å². The minimum absolute atomic E-state index is 0.389. The van der Waals surface area contributed by atoms with Gasteiger partial charge in [-0.05, 0) is 29.9 Å². The highest BCUT2D eigenvalue weighted by atomic mass is 79.9. The zero-order valence-corrected chi connectivity index (χ0v) is 9.05. The average molecular weight is 247 g/mol. The van der Waals surface area contributed by atoms with E-state index in [9.17, 15) is 5.11 Å². The van der Waals surface area contributed by atoms with Crippen molar-refractivity contribution in [3.63, 3.8) is 0 Å². The van der Waals surface area contributed by atoms with Crippen LogP contribution in [-0.4, -0.2) is 10.9 Å². The summed E-state index contributed by atoms with van der Waals surface area (Å²) in [6, 6.07) is 7.70. The Balaban J connectivity index is 2.73. The quantitative estimate of drug-likeness (QED) is 0.787. The van der Waals surface area contributed by atoms with Crippen LogP contribution in [0.2, 0.25) is 0 Å². The lowest BCUT2D eigenvalue weighted by Crippen LogP contribution is -1.97. The largest absolute Gasteiger partial charge is 0.388 e. The van der Waals surface area contributed by atoms with E-state index >= 15 is 0 Å². The summed E-state index contributed by atoms with van der Waals surface area (Å²) in [5, 5.41) is 9.58. The number of thiol groups is 1. The molecule has 0 aliphatic heterocycles. The topological polar surface area (TPSA) is 20.2 Å². The third-order valence-electron chi connectivity index (χ3n) is 1.64. The maximum Gasteiger partial charge on any atom is 0.0798 e. The molecule has 12 heavy (non-hydrogen) atoms. The van der Waals surface area contributed by atoms with Crippen LogP contribution in [0.5, 0.6) is 0 Å². The van der Waals surface area contributed by atoms with Crippen LogP contribution < -0.4 is 0 Å². The molecule has 1 aromatic rings. The lowest BCUT2D eigenvalue weighted by atomic mass is 10.1. The van der Waals surface area contributed by atoms with Gasteiger partial charge in [-0.2, -0.15) is 12.6 Å². The molecule has 1 aromatic carbocycles. The molecule has 1 rings (SSSR count). The number of rotatable bonds is 3. The van der Waals surface area contributed by atoms with Gasteiger partial charge in [-0.1, -0.05) is 28.1 Å². The third kappa shape index (κ3) is 2.81. The number of hydrogen-bond acceptors (Lipinski definition) is 2. The van der Waals surface area contributed by atoms with Crippen molar-refractivity contribution >= 4 is 28.6 Å². The molecule has 1 unspecified atom stereocenters. The van der Waals surface area contributed by atoms with Gasteiger partial charge in [-0.25, -0.2) is 0 Å². The molecule has 0 saturated heterocycles. The van der Waals surface area contributed by atoms with Crippen LogP contribution >= 0.6 is 28.6 Å². The van der Waals surface area contributed by atoms with Gasteiger partial charge >= 0.3 is 0 Å². The second-order valence-corrected chi connectivity index (χ2v) is 3.95. The van der Waals surface area contributed by atoms with Crippen molar-refractivity contribution < 1.29 is 5.11 Å². The molecule has 0 aromatic heterocycles. The van der Waals surface area contributed by atoms with Crippen molar-refractivity contribution in [2.45, 2.75) is 12.5 Å². The third-order valence-corrected chi connectivity index (χ3v) is 2.39. The number of aliphatic hydroxyl groups is 1. The monoisotopic (exact) mass is 246 g/mol. The first kappa shape index (κ1) is 10.1. The molecule has 1 N–H and O–H groups in total. The lowest BCUT2D eigenvalue weighted by Gasteiger charge is -2.08. The molecule has 66 valence electrons. The summed E-state index contributed by atoms with van der Waals surface area (Å²) in [5.41, 5.74) is 0.943. The summed E-state index contributed by atoms with van der Waals surface area (Å²) in [4.78, 5) is 0. The average Bonchev–Trinajstić information content (AvgIpc) is 2.05. The molecule has 0 radical (unpaired) electrons. The van der Waals surface area contributed by atoms with E-state index in [2.05, 4.69) is 28.6 Å². The number of halogens is 1. The first-order valence-electron chi connectivity index (χ1n) is 3.78. The Morgan fingerprint density at radius 2 is 2.25 bits per heavy atom. The molecule has 0 aliphatic rings. The van der Waals surface area contributed by atoms with E-state index in [-0.39, 0.29) is 6.10 Å². The maximum absolute atomic E-state index is 9.58. The first-order valence-corrected chi connectivity index (χ1v) is 5.21. The standard InChI is InChI=1S/C9H11BrOS/c10-8-3-1-2-7(6-8)9(11)4-5-12/h1-3,6,9,11-12H,4-5H2. The van der Waals surface area contributed by atoms with Gasteiger partial charge in [0.15, 0.2) is 0 Å². The predicted molar refractivity (Wildman–Crippen MR) is 57.6 cm³/mol. The zero-order valence-electron chi connectivity index (χ0n) is 6.57. The van der Waals surface area contributed by atoms with Crippen LogP contribution in [0.15, 0.2) is 28.7 Å². The van der Waals surface area contributed by atoms with Gasteiger partial charge in [0.1, 0.15) is 0 Å². The van der Waals surface area contributed by atoms with Crippen molar-refractivity contribution in [2.75, 3.05) is 5.75 Å². The molecule has 3 heteroatoms. The minimum Gasteiger partial charge on any atom is -0.388 e. The first-order chi connectivity index (χ1) is 5.74. The van der Waals surface area contributed by atoms with Gasteiger partial charge < -0.3 is 5.11 Å². The SMILES string of the molecule is OC(CCS)c1cccc(Br)c1. The van der Waals surface area contributed by atoms with Gasteiger partial charge in [0, 0.05) is 4.47 Å². The highest BCUT2D eigenvalue weighted by molar-refractivity contribution is 9.10. The molecule has 0 spiro atoms. The van der Waals surface area contributed by atoms with Gasteiger partial charge in [0.2, 0.25) is 0 Å². The van der Waals surface area contributed by atoms with Gasteiger partial charge in [-0.15, -0.1) is 0 Å². The van der Waals surface area contributed by atoms with Crippen LogP contribution in [0, 0.1) is 0 Å². The second-order valence-electron chi connectivity index (χ2n) is 2.58. The Hall–Kier alpha value is 0.01000. The normalized spacial score (nSPS) is 12.9. The van der Waals surface area contributed by atoms with Crippen LogP contribution in [0.1, 0.15) is 18.1 Å². The Morgan fingerprint density at radius 3 is 2.83 bits per heavy atom. The van der Waals surface area contributed by atoms with Crippen LogP contribution in [-0.2, 0) is 0 Å². The summed E-state index contributed by atoms with van der Waals surface area (Å²) in [6.07, 6.45) is 0.305. The Labute approximate surface area is 86.3 Å². The number of benzene rings is 1. The summed E-state index contributed by atoms with van der Waals surface area (Å²) in [5.74, 6) is 0.702. The summed E-state index contributed by atoms with van der Waals surface area (Å²) >= 11 is 7.42. The van der Waals surface area contributed by atoms with E-state index in [0.717, 1.165) is 10.0 Å². The Morgan fingerprint density at radius 1 is 1.50 bits per heavy atom. The smallest absolute Gasteiger partial charge is 0.0798 e. The van der Waals surface area contributed by atoms with E-state index < -0.39 is 0 Å². The lowest BCUT2D eigenvalue weighted by molar-refractivity contribution is 0.175. The Bertz CT molecular complexity index is 252. The van der Waals surface area contributed by atoms with E-state index in [0.29, 0.717) is 12.2 Å². The van der Waals surface area contributed by atoms with Gasteiger partial charge in [0.05, 0.1) is 6.10 Å². The molecule has 0 heterocycles. The predicted octanol–water partition coefficient (Wildman–Crippen LogP) is 2.80. The summed E-state index contributed by atoms with van der Waals surface area (Å²) in [7, 11) is 0. The molecular formula is C9H11BrOS. The van der Waals surface area contributed by atoms with Crippen molar-refractivity contribution in [3.8, 4) is 0 Å². The molecule has 0 aliphatic carbocycles. The summed E-state index contributed by atoms with van der Waals surface area (Å²) < 4.78 is 0.998. The summed E-state index contributed by atoms with van der Waals surface area (Å²) in [6.45, 7) is 0. The van der Waals surface area contributed by atoms with Crippen molar-refractivity contribution in [1.82, 2.24) is 0 Å². The highest BCUT2D eigenvalue weighted by Crippen LogP contribution is 2.20. The fraction of sp³-hybridized carbons (Fsp3) is 0.333. The van der Waals surface area contributed by atoms with Gasteiger partial charge in [0.25, 0.3) is 0 Å². The fourth-order valence-electron chi connectivity index (χ4n) is 1.00. The van der Waals surface area contributed by atoms with E-state index in [1.54, 1.807) is 0 Å². The van der Waals surface area contributed by atoms with Crippen LogP contribution in [0.3, 0.4) is 0 Å².